The van der Waals surface area contributed by atoms with Crippen molar-refractivity contribution in [2.75, 3.05) is 0 Å². The fourth-order valence-corrected chi connectivity index (χ4v) is 1.82. The van der Waals surface area contributed by atoms with Crippen LogP contribution in [0.3, 0.4) is 0 Å². The van der Waals surface area contributed by atoms with Gasteiger partial charge in [-0.2, -0.15) is 17.7 Å². The number of rotatable bonds is 0. The first-order valence-corrected chi connectivity index (χ1v) is 8.10. The van der Waals surface area contributed by atoms with E-state index in [2.05, 4.69) is 82.3 Å². The summed E-state index contributed by atoms with van der Waals surface area (Å²) in [6.07, 6.45) is 8.33. The first-order chi connectivity index (χ1) is 9.50. The van der Waals surface area contributed by atoms with Crippen LogP contribution in [0.15, 0.2) is 54.1 Å². The van der Waals surface area contributed by atoms with Crippen LogP contribution in [-0.2, 0) is 24.2 Å². The predicted molar refractivity (Wildman–Crippen MR) is 86.8 cm³/mol. The van der Waals surface area contributed by atoms with Crippen LogP contribution in [-0.4, -0.2) is 3.21 Å². The zero-order valence-electron chi connectivity index (χ0n) is 13.6. The molecule has 2 aromatic carbocycles. The van der Waals surface area contributed by atoms with Gasteiger partial charge in [-0.05, 0) is 0 Å². The van der Waals surface area contributed by atoms with Crippen LogP contribution in [0.25, 0.3) is 10.8 Å². The van der Waals surface area contributed by atoms with E-state index in [4.69, 9.17) is 0 Å². The van der Waals surface area contributed by atoms with Crippen molar-refractivity contribution in [3.63, 3.8) is 0 Å². The third-order valence-corrected chi connectivity index (χ3v) is 2.77. The first-order valence-electron chi connectivity index (χ1n) is 6.87. The summed E-state index contributed by atoms with van der Waals surface area (Å²) in [5.74, 6) is 0. The van der Waals surface area contributed by atoms with Crippen LogP contribution in [0.2, 0.25) is 0 Å². The van der Waals surface area contributed by atoms with Crippen molar-refractivity contribution in [2.45, 2.75) is 34.1 Å². The summed E-state index contributed by atoms with van der Waals surface area (Å²) in [6, 6.07) is 12.8. The van der Waals surface area contributed by atoms with E-state index in [1.807, 2.05) is 0 Å². The Kier molecular flexibility index (Phi) is 14.3. The van der Waals surface area contributed by atoms with Crippen molar-refractivity contribution in [1.82, 2.24) is 0 Å². The van der Waals surface area contributed by atoms with Gasteiger partial charge in [0.2, 0.25) is 0 Å². The van der Waals surface area contributed by atoms with E-state index < -0.39 is 0 Å². The van der Waals surface area contributed by atoms with Crippen molar-refractivity contribution < 1.29 is 49.0 Å². The number of hydrogen-bond acceptors (Lipinski definition) is 0. The van der Waals surface area contributed by atoms with E-state index in [1.54, 1.807) is 24.2 Å². The second kappa shape index (κ2) is 13.1. The van der Waals surface area contributed by atoms with Crippen LogP contribution in [0.4, 0.5) is 0 Å². The molecule has 3 rings (SSSR count). The largest absolute Gasteiger partial charge is 1.00 e. The van der Waals surface area contributed by atoms with Gasteiger partial charge < -0.3 is 24.8 Å². The standard InChI is InChI=1S/C10H9.C6H7.C3H6.2ClH.Zr/c1-8-6-7-9-4-2-3-5-10(8)9;1-6-4-2-3-5-6;1-3-2;;;/h2-7H,1H3;2,4H,3H2,1H3;1-2H3;2*1H;/q2*-1;;;;+2/p-2. The number of allylic oxidation sites excluding steroid dienone is 4. The number of fused-ring (bicyclic) bond motifs is 1. The normalized spacial score (nSPS) is 11.1. The molecular weight excluding hydrogens is 390 g/mol. The molecule has 0 saturated heterocycles. The molecule has 3 heteroatoms. The Bertz CT molecular complexity index is 614. The van der Waals surface area contributed by atoms with Crippen LogP contribution in [0.1, 0.15) is 32.8 Å². The van der Waals surface area contributed by atoms with Crippen LogP contribution < -0.4 is 24.8 Å². The molecule has 0 nitrogen and oxygen atoms in total. The molecule has 0 aromatic heterocycles. The minimum atomic E-state index is 0. The Morgan fingerprint density at radius 1 is 1.14 bits per heavy atom. The fourth-order valence-electron chi connectivity index (χ4n) is 1.82. The van der Waals surface area contributed by atoms with E-state index in [1.165, 1.54) is 25.1 Å². The van der Waals surface area contributed by atoms with Gasteiger partial charge >= 0.3 is 41.3 Å². The molecule has 0 amide bonds. The van der Waals surface area contributed by atoms with Crippen LogP contribution in [0.5, 0.6) is 0 Å². The quantitative estimate of drug-likeness (QED) is 0.503. The summed E-state index contributed by atoms with van der Waals surface area (Å²) < 4.78 is 1.51. The topological polar surface area (TPSA) is 0 Å². The fraction of sp³-hybridized carbons (Fsp3) is 0.263. The Balaban J connectivity index is 0. The second-order valence-corrected chi connectivity index (χ2v) is 7.53. The summed E-state index contributed by atoms with van der Waals surface area (Å²) in [6.45, 7) is 8.45. The van der Waals surface area contributed by atoms with Crippen LogP contribution in [0, 0.1) is 13.0 Å². The average Bonchev–Trinajstić information content (AvgIpc) is 3.00. The molecular formula is C19H22Cl2Zr-2. The number of benzene rings is 1. The zero-order chi connectivity index (χ0) is 15.0. The second-order valence-electron chi connectivity index (χ2n) is 5.07. The molecule has 22 heavy (non-hydrogen) atoms. The molecule has 0 fully saturated rings. The van der Waals surface area contributed by atoms with E-state index in [9.17, 15) is 0 Å². The molecule has 0 N–H and O–H groups in total. The average molecular weight is 413 g/mol. The SMILES string of the molecule is CC1=[C-]CC=C1.C[C](C)=[Zr+2].Cc1c[cH-]c2ccccc12.[Cl-].[Cl-]. The molecule has 0 aliphatic heterocycles. The molecule has 0 spiro atoms. The van der Waals surface area contributed by atoms with Gasteiger partial charge in [-0.25, -0.2) is 11.6 Å². The molecule has 0 bridgehead atoms. The first kappa shape index (κ1) is 23.9. The summed E-state index contributed by atoms with van der Waals surface area (Å²) in [4.78, 5) is 0. The Morgan fingerprint density at radius 3 is 2.14 bits per heavy atom. The van der Waals surface area contributed by atoms with E-state index >= 15 is 0 Å². The van der Waals surface area contributed by atoms with Crippen molar-refractivity contribution in [2.24, 2.45) is 0 Å². The molecule has 118 valence electrons. The summed E-state index contributed by atoms with van der Waals surface area (Å²) >= 11 is 1.55. The molecule has 1 aliphatic carbocycles. The van der Waals surface area contributed by atoms with Gasteiger partial charge in [-0.3, -0.25) is 6.08 Å². The smallest absolute Gasteiger partial charge is 0.0809 e. The molecule has 0 atom stereocenters. The van der Waals surface area contributed by atoms with Crippen molar-refractivity contribution in [1.29, 1.82) is 0 Å². The van der Waals surface area contributed by atoms with Crippen molar-refractivity contribution in [3.05, 3.63) is 65.8 Å². The number of aryl methyl sites for hydroxylation is 1. The Hall–Kier alpha value is -0.357. The maximum absolute atomic E-state index is 3.12. The predicted octanol–water partition coefficient (Wildman–Crippen LogP) is -0.684. The molecule has 2 aromatic rings. The van der Waals surface area contributed by atoms with Gasteiger partial charge in [0.15, 0.2) is 0 Å². The monoisotopic (exact) mass is 410 g/mol. The van der Waals surface area contributed by atoms with E-state index in [-0.39, 0.29) is 24.8 Å². The number of halogens is 2. The molecule has 0 heterocycles. The molecule has 1 aliphatic rings. The molecule has 0 saturated carbocycles. The van der Waals surface area contributed by atoms with E-state index in [0.29, 0.717) is 0 Å². The number of hydrogen-bond donors (Lipinski definition) is 0. The van der Waals surface area contributed by atoms with Gasteiger partial charge in [0.05, 0.1) is 0 Å². The van der Waals surface area contributed by atoms with Gasteiger partial charge in [0.25, 0.3) is 0 Å². The maximum atomic E-state index is 3.12. The van der Waals surface area contributed by atoms with E-state index in [0.717, 1.165) is 6.42 Å². The Labute approximate surface area is 162 Å². The van der Waals surface area contributed by atoms with Gasteiger partial charge in [-0.15, -0.1) is 41.5 Å². The van der Waals surface area contributed by atoms with Gasteiger partial charge in [0, 0.05) is 0 Å². The van der Waals surface area contributed by atoms with Crippen molar-refractivity contribution >= 4 is 14.0 Å². The summed E-state index contributed by atoms with van der Waals surface area (Å²) in [5, 5.41) is 2.72. The Morgan fingerprint density at radius 2 is 1.73 bits per heavy atom. The summed E-state index contributed by atoms with van der Waals surface area (Å²) in [7, 11) is 0. The minimum absolute atomic E-state index is 0. The molecule has 0 unspecified atom stereocenters. The summed E-state index contributed by atoms with van der Waals surface area (Å²) in [5.41, 5.74) is 2.64. The van der Waals surface area contributed by atoms with Crippen molar-refractivity contribution in [3.8, 4) is 0 Å². The van der Waals surface area contributed by atoms with Crippen LogP contribution >= 0.6 is 0 Å². The van der Waals surface area contributed by atoms with Gasteiger partial charge in [-0.1, -0.05) is 19.9 Å². The third-order valence-electron chi connectivity index (χ3n) is 2.77. The van der Waals surface area contributed by atoms with Gasteiger partial charge in [0.1, 0.15) is 0 Å². The maximum Gasteiger partial charge on any atom is -0.0809 e. The zero-order valence-corrected chi connectivity index (χ0v) is 17.6. The third kappa shape index (κ3) is 9.62. The molecule has 0 radical (unpaired) electrons. The minimum Gasteiger partial charge on any atom is -1.00 e.